The first-order valence-electron chi connectivity index (χ1n) is 6.93. The fourth-order valence-corrected chi connectivity index (χ4v) is 2.86. The van der Waals surface area contributed by atoms with Gasteiger partial charge in [0.2, 0.25) is 11.7 Å². The van der Waals surface area contributed by atoms with Crippen molar-refractivity contribution in [3.05, 3.63) is 50.5 Å². The molecule has 0 saturated heterocycles. The molecule has 0 aliphatic carbocycles. The Kier molecular flexibility index (Phi) is 4.62. The second-order valence-electron chi connectivity index (χ2n) is 5.09. The Hall–Kier alpha value is -1.56. The first kappa shape index (κ1) is 16.3. The molecular weight excluding hydrogens is 359 g/mol. The molecule has 3 aromatic rings. The van der Waals surface area contributed by atoms with Crippen LogP contribution >= 0.6 is 34.8 Å². The van der Waals surface area contributed by atoms with Gasteiger partial charge >= 0.3 is 0 Å². The molecular formula is C15H13Cl3N4O. The van der Waals surface area contributed by atoms with Crippen LogP contribution in [-0.2, 0) is 13.0 Å². The number of rotatable bonds is 4. The molecule has 0 spiro atoms. The lowest BCUT2D eigenvalue weighted by Gasteiger charge is -2.01. The van der Waals surface area contributed by atoms with E-state index >= 15 is 0 Å². The summed E-state index contributed by atoms with van der Waals surface area (Å²) < 4.78 is 7.11. The summed E-state index contributed by atoms with van der Waals surface area (Å²) >= 11 is 18.2. The van der Waals surface area contributed by atoms with Crippen molar-refractivity contribution in [3.63, 3.8) is 0 Å². The Morgan fingerprint density at radius 3 is 2.61 bits per heavy atom. The molecule has 2 aromatic heterocycles. The summed E-state index contributed by atoms with van der Waals surface area (Å²) in [5.41, 5.74) is 2.41. The van der Waals surface area contributed by atoms with Gasteiger partial charge in [0.05, 0.1) is 28.0 Å². The van der Waals surface area contributed by atoms with E-state index in [0.717, 1.165) is 11.4 Å². The van der Waals surface area contributed by atoms with Gasteiger partial charge in [0, 0.05) is 17.0 Å². The molecule has 0 radical (unpaired) electrons. The van der Waals surface area contributed by atoms with Gasteiger partial charge in [-0.15, -0.1) is 0 Å². The van der Waals surface area contributed by atoms with Crippen LogP contribution in [-0.4, -0.2) is 19.9 Å². The zero-order valence-electron chi connectivity index (χ0n) is 12.5. The predicted octanol–water partition coefficient (Wildman–Crippen LogP) is 4.75. The van der Waals surface area contributed by atoms with Crippen molar-refractivity contribution in [2.75, 3.05) is 0 Å². The zero-order valence-corrected chi connectivity index (χ0v) is 14.7. The van der Waals surface area contributed by atoms with Gasteiger partial charge < -0.3 is 4.52 Å². The van der Waals surface area contributed by atoms with Crippen LogP contribution in [0.1, 0.15) is 17.3 Å². The van der Waals surface area contributed by atoms with Crippen molar-refractivity contribution >= 4 is 34.8 Å². The van der Waals surface area contributed by atoms with Crippen LogP contribution in [0.2, 0.25) is 15.1 Å². The highest BCUT2D eigenvalue weighted by Crippen LogP contribution is 2.28. The van der Waals surface area contributed by atoms with E-state index in [4.69, 9.17) is 39.3 Å². The zero-order chi connectivity index (χ0) is 16.6. The number of aryl methyl sites for hydroxylation is 3. The summed E-state index contributed by atoms with van der Waals surface area (Å²) in [5, 5.41) is 10.1. The average Bonchev–Trinajstić information content (AvgIpc) is 3.06. The maximum Gasteiger partial charge on any atom is 0.228 e. The molecule has 8 heteroatoms. The molecule has 0 aliphatic rings. The Morgan fingerprint density at radius 2 is 1.96 bits per heavy atom. The fraction of sp³-hybridized carbons (Fsp3) is 0.267. The minimum atomic E-state index is 0.438. The van der Waals surface area contributed by atoms with Gasteiger partial charge in [-0.25, -0.2) is 0 Å². The summed E-state index contributed by atoms with van der Waals surface area (Å²) in [6.07, 6.45) is 0.552. The number of benzene rings is 1. The number of hydrogen-bond acceptors (Lipinski definition) is 4. The van der Waals surface area contributed by atoms with Crippen LogP contribution in [0.5, 0.6) is 0 Å². The number of aromatic nitrogens is 4. The summed E-state index contributed by atoms with van der Waals surface area (Å²) in [5.74, 6) is 0.947. The molecule has 1 aromatic carbocycles. The van der Waals surface area contributed by atoms with E-state index in [9.17, 15) is 0 Å². The molecule has 0 amide bonds. The highest BCUT2D eigenvalue weighted by molar-refractivity contribution is 6.36. The first-order chi connectivity index (χ1) is 11.0. The molecule has 0 saturated carbocycles. The highest BCUT2D eigenvalue weighted by Gasteiger charge is 2.14. The normalized spacial score (nSPS) is 11.2. The topological polar surface area (TPSA) is 56.7 Å². The second kappa shape index (κ2) is 6.51. The average molecular weight is 372 g/mol. The van der Waals surface area contributed by atoms with E-state index in [-0.39, 0.29) is 0 Å². The van der Waals surface area contributed by atoms with Crippen molar-refractivity contribution in [1.29, 1.82) is 0 Å². The first-order valence-corrected chi connectivity index (χ1v) is 8.06. The molecule has 2 heterocycles. The van der Waals surface area contributed by atoms with Crippen molar-refractivity contribution in [2.45, 2.75) is 26.8 Å². The highest BCUT2D eigenvalue weighted by atomic mass is 35.5. The molecule has 23 heavy (non-hydrogen) atoms. The van der Waals surface area contributed by atoms with Crippen LogP contribution in [0.25, 0.3) is 11.4 Å². The van der Waals surface area contributed by atoms with Crippen LogP contribution in [0, 0.1) is 13.8 Å². The quantitative estimate of drug-likeness (QED) is 0.664. The lowest BCUT2D eigenvalue weighted by Crippen LogP contribution is -2.05. The summed E-state index contributed by atoms with van der Waals surface area (Å²) in [7, 11) is 0. The van der Waals surface area contributed by atoms with Crippen LogP contribution in [0.15, 0.2) is 22.7 Å². The van der Waals surface area contributed by atoms with Gasteiger partial charge in [-0.05, 0) is 32.0 Å². The fourth-order valence-electron chi connectivity index (χ4n) is 2.23. The minimum absolute atomic E-state index is 0.438. The van der Waals surface area contributed by atoms with Gasteiger partial charge in [-0.2, -0.15) is 10.1 Å². The van der Waals surface area contributed by atoms with Gasteiger partial charge in [-0.3, -0.25) is 4.68 Å². The van der Waals surface area contributed by atoms with E-state index in [1.165, 1.54) is 0 Å². The van der Waals surface area contributed by atoms with E-state index < -0.39 is 0 Å². The Morgan fingerprint density at radius 1 is 1.17 bits per heavy atom. The summed E-state index contributed by atoms with van der Waals surface area (Å²) in [6, 6.07) is 5.14. The second-order valence-corrected chi connectivity index (χ2v) is 6.32. The molecule has 120 valence electrons. The molecule has 0 bridgehead atoms. The van der Waals surface area contributed by atoms with Gasteiger partial charge in [-0.1, -0.05) is 40.0 Å². The summed E-state index contributed by atoms with van der Waals surface area (Å²) in [4.78, 5) is 4.37. The number of halogens is 3. The van der Waals surface area contributed by atoms with Gasteiger partial charge in [0.15, 0.2) is 0 Å². The summed E-state index contributed by atoms with van der Waals surface area (Å²) in [6.45, 7) is 4.41. The molecule has 0 fully saturated rings. The Balaban J connectivity index is 1.76. The third-order valence-electron chi connectivity index (χ3n) is 3.47. The lowest BCUT2D eigenvalue weighted by atomic mass is 10.2. The smallest absolute Gasteiger partial charge is 0.228 e. The van der Waals surface area contributed by atoms with E-state index in [1.807, 2.05) is 18.5 Å². The molecule has 5 nitrogen and oxygen atoms in total. The minimum Gasteiger partial charge on any atom is -0.339 e. The maximum absolute atomic E-state index is 6.15. The van der Waals surface area contributed by atoms with Gasteiger partial charge in [0.1, 0.15) is 0 Å². The SMILES string of the molecule is Cc1nn(CCc2nc(-c3ccc(Cl)cc3Cl)no2)c(C)c1Cl. The molecule has 0 atom stereocenters. The standard InChI is InChI=1S/C15H13Cl3N4O/c1-8-14(18)9(2)22(20-8)6-5-13-19-15(21-23-13)11-4-3-10(16)7-12(11)17/h3-4,7H,5-6H2,1-2H3. The van der Waals surface area contributed by atoms with Gasteiger partial charge in [0.25, 0.3) is 0 Å². The van der Waals surface area contributed by atoms with Crippen molar-refractivity contribution < 1.29 is 4.52 Å². The molecule has 0 unspecified atom stereocenters. The van der Waals surface area contributed by atoms with Crippen LogP contribution in [0.3, 0.4) is 0 Å². The number of nitrogens with zero attached hydrogens (tertiary/aromatic N) is 4. The van der Waals surface area contributed by atoms with Crippen molar-refractivity contribution in [2.24, 2.45) is 0 Å². The van der Waals surface area contributed by atoms with E-state index in [2.05, 4.69) is 15.2 Å². The molecule has 0 N–H and O–H groups in total. The van der Waals surface area contributed by atoms with E-state index in [0.29, 0.717) is 45.3 Å². The number of hydrogen-bond donors (Lipinski definition) is 0. The van der Waals surface area contributed by atoms with Crippen molar-refractivity contribution in [3.8, 4) is 11.4 Å². The third kappa shape index (κ3) is 3.37. The molecule has 3 rings (SSSR count). The molecule has 0 aliphatic heterocycles. The lowest BCUT2D eigenvalue weighted by molar-refractivity contribution is 0.368. The van der Waals surface area contributed by atoms with E-state index in [1.54, 1.807) is 18.2 Å². The predicted molar refractivity (Wildman–Crippen MR) is 90.2 cm³/mol. The Labute approximate surface area is 148 Å². The Bertz CT molecular complexity index is 857. The third-order valence-corrected chi connectivity index (χ3v) is 4.57. The van der Waals surface area contributed by atoms with Crippen molar-refractivity contribution in [1.82, 2.24) is 19.9 Å². The monoisotopic (exact) mass is 370 g/mol. The van der Waals surface area contributed by atoms with Crippen LogP contribution < -0.4 is 0 Å². The van der Waals surface area contributed by atoms with Crippen LogP contribution in [0.4, 0.5) is 0 Å². The largest absolute Gasteiger partial charge is 0.339 e. The maximum atomic E-state index is 6.15.